The lowest BCUT2D eigenvalue weighted by atomic mass is 9.52. The minimum absolute atomic E-state index is 0.123. The maximum Gasteiger partial charge on any atom is 0.312 e. The Morgan fingerprint density at radius 1 is 1.33 bits per heavy atom. The summed E-state index contributed by atoms with van der Waals surface area (Å²) in [5.41, 5.74) is -3.44. The van der Waals surface area contributed by atoms with Crippen LogP contribution >= 0.6 is 0 Å². The molecule has 8 atom stereocenters. The van der Waals surface area contributed by atoms with Crippen molar-refractivity contribution in [3.05, 3.63) is 0 Å². The van der Waals surface area contributed by atoms with Crippen LogP contribution in [0.1, 0.15) is 27.2 Å². The quantitative estimate of drug-likeness (QED) is 0.505. The average Bonchev–Trinajstić information content (AvgIpc) is 3.18. The van der Waals surface area contributed by atoms with Gasteiger partial charge in [-0.1, -0.05) is 6.92 Å². The van der Waals surface area contributed by atoms with Gasteiger partial charge in [-0.05, 0) is 20.3 Å². The lowest BCUT2D eigenvalue weighted by Crippen LogP contribution is -2.66. The number of carbonyl (C=O) groups is 1. The molecule has 1 spiro atoms. The highest BCUT2D eigenvalue weighted by molar-refractivity contribution is 5.79. The van der Waals surface area contributed by atoms with Gasteiger partial charge in [0.1, 0.15) is 29.5 Å². The lowest BCUT2D eigenvalue weighted by molar-refractivity contribution is -0.209. The number of hydrogen-bond donors (Lipinski definition) is 2. The second-order valence-corrected chi connectivity index (χ2v) is 8.15. The molecule has 3 heterocycles. The van der Waals surface area contributed by atoms with E-state index in [2.05, 4.69) is 0 Å². The lowest BCUT2D eigenvalue weighted by Gasteiger charge is -2.53. The highest BCUT2D eigenvalue weighted by Gasteiger charge is 2.92. The van der Waals surface area contributed by atoms with Crippen LogP contribution < -0.4 is 0 Å². The Morgan fingerprint density at radius 3 is 2.57 bits per heavy atom. The second kappa shape index (κ2) is 3.02. The van der Waals surface area contributed by atoms with Crippen LogP contribution in [0.25, 0.3) is 0 Å². The molecule has 0 unspecified atom stereocenters. The molecule has 0 aromatic rings. The Labute approximate surface area is 122 Å². The van der Waals surface area contributed by atoms with Gasteiger partial charge in [-0.15, -0.1) is 0 Å². The number of epoxide rings is 2. The van der Waals surface area contributed by atoms with Gasteiger partial charge >= 0.3 is 5.97 Å². The van der Waals surface area contributed by atoms with Crippen molar-refractivity contribution in [3.8, 4) is 0 Å². The van der Waals surface area contributed by atoms with Gasteiger partial charge in [-0.2, -0.15) is 0 Å². The summed E-state index contributed by atoms with van der Waals surface area (Å²) in [7, 11) is 0. The van der Waals surface area contributed by atoms with E-state index in [1.807, 2.05) is 6.92 Å². The molecule has 0 aromatic heterocycles. The van der Waals surface area contributed by atoms with E-state index in [0.717, 1.165) is 0 Å². The molecule has 2 aliphatic carbocycles. The van der Waals surface area contributed by atoms with Crippen LogP contribution in [0.2, 0.25) is 0 Å². The van der Waals surface area contributed by atoms with Crippen LogP contribution in [0, 0.1) is 17.3 Å². The molecule has 0 radical (unpaired) electrons. The highest BCUT2D eigenvalue weighted by Crippen LogP contribution is 2.76. The number of esters is 1. The van der Waals surface area contributed by atoms with E-state index in [4.69, 9.17) is 14.2 Å². The number of hydrogen-bond acceptors (Lipinski definition) is 6. The minimum atomic E-state index is -1.32. The zero-order chi connectivity index (χ0) is 15.0. The molecule has 116 valence electrons. The summed E-state index contributed by atoms with van der Waals surface area (Å²) in [6.45, 7) is 5.90. The summed E-state index contributed by atoms with van der Waals surface area (Å²) in [4.78, 5) is 12.4. The fourth-order valence-electron chi connectivity index (χ4n) is 5.73. The Kier molecular flexibility index (Phi) is 1.84. The van der Waals surface area contributed by atoms with Crippen LogP contribution in [-0.4, -0.2) is 57.9 Å². The first-order valence-electron chi connectivity index (χ1n) is 7.61. The number of aliphatic hydroxyl groups is 2. The van der Waals surface area contributed by atoms with E-state index in [9.17, 15) is 15.0 Å². The molecule has 3 aliphatic heterocycles. The van der Waals surface area contributed by atoms with E-state index in [1.165, 1.54) is 0 Å². The number of fused-ring (bicyclic) bond motifs is 8. The van der Waals surface area contributed by atoms with Gasteiger partial charge in [0, 0.05) is 11.3 Å². The summed E-state index contributed by atoms with van der Waals surface area (Å²) in [5.74, 6) is -1.58. The van der Waals surface area contributed by atoms with Gasteiger partial charge in [0.2, 0.25) is 0 Å². The normalized spacial score (nSPS) is 63.3. The molecular formula is C15H20O6. The van der Waals surface area contributed by atoms with Crippen molar-refractivity contribution in [1.29, 1.82) is 0 Å². The topological polar surface area (TPSA) is 91.8 Å². The molecule has 0 amide bonds. The summed E-state index contributed by atoms with van der Waals surface area (Å²) in [6, 6.07) is 0. The van der Waals surface area contributed by atoms with E-state index < -0.39 is 40.0 Å². The van der Waals surface area contributed by atoms with Crippen molar-refractivity contribution in [1.82, 2.24) is 0 Å². The maximum atomic E-state index is 12.4. The molecular weight excluding hydrogens is 276 g/mol. The molecule has 21 heavy (non-hydrogen) atoms. The van der Waals surface area contributed by atoms with Gasteiger partial charge in [-0.25, -0.2) is 0 Å². The van der Waals surface area contributed by atoms with Gasteiger partial charge in [-0.3, -0.25) is 4.79 Å². The molecule has 2 saturated carbocycles. The van der Waals surface area contributed by atoms with Crippen molar-refractivity contribution >= 4 is 5.97 Å². The average molecular weight is 296 g/mol. The fourth-order valence-corrected chi connectivity index (χ4v) is 5.73. The van der Waals surface area contributed by atoms with Crippen LogP contribution in [0.3, 0.4) is 0 Å². The van der Waals surface area contributed by atoms with E-state index >= 15 is 0 Å². The third-order valence-electron chi connectivity index (χ3n) is 6.84. The third-order valence-corrected chi connectivity index (χ3v) is 6.84. The van der Waals surface area contributed by atoms with Gasteiger partial charge in [0.05, 0.1) is 18.1 Å². The van der Waals surface area contributed by atoms with Gasteiger partial charge < -0.3 is 24.4 Å². The molecule has 5 aliphatic rings. The summed E-state index contributed by atoms with van der Waals surface area (Å²) >= 11 is 0. The summed E-state index contributed by atoms with van der Waals surface area (Å²) in [6.07, 6.45) is -0.364. The van der Waals surface area contributed by atoms with Crippen molar-refractivity contribution in [3.63, 3.8) is 0 Å². The van der Waals surface area contributed by atoms with Crippen LogP contribution in [0.5, 0.6) is 0 Å². The van der Waals surface area contributed by atoms with Gasteiger partial charge in [0.25, 0.3) is 0 Å². The van der Waals surface area contributed by atoms with Crippen LogP contribution in [-0.2, 0) is 19.0 Å². The predicted molar refractivity (Wildman–Crippen MR) is 68.2 cm³/mol. The molecule has 6 heteroatoms. The SMILES string of the molecule is CC(C)(O)[C@@H]1[C@@H]2C[C@]3(C)[C@@](O)([C@H]4O[C@H]4[C@]34CO4)[C@H]1C(=O)O2. The molecule has 3 saturated heterocycles. The number of rotatable bonds is 1. The standard InChI is InChI=1S/C15H20O6/c1-12(2,17)7-6-4-13(3)14(5-19-14)9-10(21-9)15(13,18)8(7)11(16)20-6/h6-10,17-18H,4-5H2,1-3H3/t6-,7+,8+,9+,10-,13-,14+,15-/m0/s1. The predicted octanol–water partition coefficient (Wildman–Crippen LogP) is -0.394. The first-order valence-corrected chi connectivity index (χ1v) is 7.61. The van der Waals surface area contributed by atoms with Crippen LogP contribution in [0.4, 0.5) is 0 Å². The van der Waals surface area contributed by atoms with Crippen LogP contribution in [0.15, 0.2) is 0 Å². The highest BCUT2D eigenvalue weighted by atomic mass is 16.7. The maximum absolute atomic E-state index is 12.4. The molecule has 2 bridgehead atoms. The Balaban J connectivity index is 1.70. The van der Waals surface area contributed by atoms with Crippen molar-refractivity contribution < 1.29 is 29.2 Å². The van der Waals surface area contributed by atoms with Crippen molar-refractivity contribution in [2.75, 3.05) is 6.61 Å². The Bertz CT molecular complexity index is 563. The first-order chi connectivity index (χ1) is 9.67. The van der Waals surface area contributed by atoms with E-state index in [1.54, 1.807) is 13.8 Å². The minimum Gasteiger partial charge on any atom is -0.462 e. The third kappa shape index (κ3) is 1.08. The zero-order valence-electron chi connectivity index (χ0n) is 12.3. The molecule has 5 rings (SSSR count). The van der Waals surface area contributed by atoms with E-state index in [0.29, 0.717) is 13.0 Å². The summed E-state index contributed by atoms with van der Waals surface area (Å²) in [5, 5.41) is 22.0. The van der Waals surface area contributed by atoms with Crippen molar-refractivity contribution in [2.24, 2.45) is 17.3 Å². The monoisotopic (exact) mass is 296 g/mol. The smallest absolute Gasteiger partial charge is 0.312 e. The number of carbonyl (C=O) groups excluding carboxylic acids is 1. The van der Waals surface area contributed by atoms with E-state index in [-0.39, 0.29) is 18.3 Å². The number of ether oxygens (including phenoxy) is 3. The molecule has 6 nitrogen and oxygen atoms in total. The second-order valence-electron chi connectivity index (χ2n) is 8.15. The first kappa shape index (κ1) is 12.8. The molecule has 2 N–H and O–H groups in total. The molecule has 0 aromatic carbocycles. The fraction of sp³-hybridized carbons (Fsp3) is 0.933. The Morgan fingerprint density at radius 2 is 2.00 bits per heavy atom. The Hall–Kier alpha value is -0.690. The zero-order valence-corrected chi connectivity index (χ0v) is 12.3. The molecule has 5 fully saturated rings. The summed E-state index contributed by atoms with van der Waals surface area (Å²) < 4.78 is 16.9. The largest absolute Gasteiger partial charge is 0.462 e. The van der Waals surface area contributed by atoms with Gasteiger partial charge in [0.15, 0.2) is 0 Å². The van der Waals surface area contributed by atoms with Crippen molar-refractivity contribution in [2.45, 2.75) is 62.3 Å².